The Morgan fingerprint density at radius 1 is 1.05 bits per heavy atom. The highest BCUT2D eigenvalue weighted by Gasteiger charge is 2.12. The Morgan fingerprint density at radius 2 is 1.62 bits per heavy atom. The fraction of sp³-hybridized carbons (Fsp3) is 0.133. The molecule has 0 unspecified atom stereocenters. The van der Waals surface area contributed by atoms with Crippen molar-refractivity contribution in [1.29, 1.82) is 0 Å². The molecule has 110 valence electrons. The van der Waals surface area contributed by atoms with Gasteiger partial charge in [0.1, 0.15) is 11.5 Å². The number of Topliss-reactive ketones (excluding diaryl/α,β-unsaturated/α-hetero) is 1. The van der Waals surface area contributed by atoms with Crippen LogP contribution in [0.1, 0.15) is 10.4 Å². The minimum absolute atomic E-state index is 0.0267. The first kappa shape index (κ1) is 17.3. The molecule has 0 aliphatic heterocycles. The van der Waals surface area contributed by atoms with Crippen LogP contribution < -0.4 is 9.47 Å². The molecule has 21 heavy (non-hydrogen) atoms. The van der Waals surface area contributed by atoms with Crippen LogP contribution in [0.15, 0.2) is 36.4 Å². The maximum absolute atomic E-state index is 12.1. The third kappa shape index (κ3) is 4.68. The molecule has 0 radical (unpaired) electrons. The molecule has 0 bridgehead atoms. The van der Waals surface area contributed by atoms with E-state index in [1.165, 1.54) is 0 Å². The predicted molar refractivity (Wildman–Crippen MR) is 107 cm³/mol. The van der Waals surface area contributed by atoms with E-state index >= 15 is 0 Å². The molecule has 2 aromatic carbocycles. The van der Waals surface area contributed by atoms with Crippen LogP contribution in [0.25, 0.3) is 0 Å². The molecule has 0 heterocycles. The minimum atomic E-state index is -0.0530. The lowest BCUT2D eigenvalue weighted by Gasteiger charge is -2.10. The minimum Gasteiger partial charge on any atom is -0.497 e. The van der Waals surface area contributed by atoms with Crippen LogP contribution in [0.4, 0.5) is 0 Å². The molecule has 0 spiro atoms. The molecule has 0 aliphatic carbocycles. The van der Waals surface area contributed by atoms with Crippen molar-refractivity contribution in [2.24, 2.45) is 0 Å². The number of hydrogen-bond acceptors (Lipinski definition) is 3. The van der Waals surface area contributed by atoms with Gasteiger partial charge < -0.3 is 9.47 Å². The SMILES string of the molecule is COc1ccc(C(=O)COc2c(I)cc(I)cc2I)cc1. The van der Waals surface area contributed by atoms with E-state index in [4.69, 9.17) is 9.47 Å². The number of ether oxygens (including phenoxy) is 2. The van der Waals surface area contributed by atoms with Crippen LogP contribution in [0.2, 0.25) is 0 Å². The highest BCUT2D eigenvalue weighted by molar-refractivity contribution is 14.1. The predicted octanol–water partition coefficient (Wildman–Crippen LogP) is 4.77. The van der Waals surface area contributed by atoms with E-state index in [1.807, 2.05) is 12.1 Å². The molecule has 0 amide bonds. The molecular formula is C15H11I3O3. The fourth-order valence-electron chi connectivity index (χ4n) is 1.66. The molecule has 0 N–H and O–H groups in total. The van der Waals surface area contributed by atoms with Gasteiger partial charge in [-0.3, -0.25) is 4.79 Å². The van der Waals surface area contributed by atoms with Gasteiger partial charge in [0.2, 0.25) is 0 Å². The van der Waals surface area contributed by atoms with Crippen molar-refractivity contribution < 1.29 is 14.3 Å². The van der Waals surface area contributed by atoms with E-state index in [0.29, 0.717) is 5.56 Å². The lowest BCUT2D eigenvalue weighted by atomic mass is 10.1. The van der Waals surface area contributed by atoms with Gasteiger partial charge in [-0.1, -0.05) is 0 Å². The first-order valence-electron chi connectivity index (χ1n) is 5.96. The third-order valence-electron chi connectivity index (χ3n) is 2.72. The summed E-state index contributed by atoms with van der Waals surface area (Å²) in [5.74, 6) is 1.44. The Labute approximate surface area is 164 Å². The summed E-state index contributed by atoms with van der Waals surface area (Å²) in [7, 11) is 1.60. The van der Waals surface area contributed by atoms with Gasteiger partial charge in [-0.25, -0.2) is 0 Å². The Hall–Kier alpha value is -0.1000. The number of rotatable bonds is 5. The Balaban J connectivity index is 2.07. The van der Waals surface area contributed by atoms with Crippen LogP contribution in [-0.4, -0.2) is 19.5 Å². The fourth-order valence-corrected chi connectivity index (χ4v) is 5.56. The standard InChI is InChI=1S/C15H11I3O3/c1-20-11-4-2-9(3-5-11)14(19)8-21-15-12(17)6-10(16)7-13(15)18/h2-7H,8H2,1H3. The summed E-state index contributed by atoms with van der Waals surface area (Å²) in [6, 6.07) is 11.1. The number of methoxy groups -OCH3 is 1. The van der Waals surface area contributed by atoms with Gasteiger partial charge >= 0.3 is 0 Å². The summed E-state index contributed by atoms with van der Waals surface area (Å²) in [6.07, 6.45) is 0. The number of halogens is 3. The zero-order chi connectivity index (χ0) is 15.4. The van der Waals surface area contributed by atoms with Gasteiger partial charge in [0.05, 0.1) is 14.3 Å². The molecule has 0 aliphatic rings. The first-order valence-corrected chi connectivity index (χ1v) is 9.19. The summed E-state index contributed by atoms with van der Waals surface area (Å²) in [4.78, 5) is 12.1. The van der Waals surface area contributed by atoms with Gasteiger partial charge in [0, 0.05) is 9.13 Å². The molecule has 0 fully saturated rings. The summed E-state index contributed by atoms with van der Waals surface area (Å²) >= 11 is 6.70. The molecule has 3 nitrogen and oxygen atoms in total. The van der Waals surface area contributed by atoms with E-state index in [1.54, 1.807) is 31.4 Å². The molecule has 0 saturated heterocycles. The normalized spacial score (nSPS) is 10.3. The van der Waals surface area contributed by atoms with Crippen LogP contribution in [0.3, 0.4) is 0 Å². The lowest BCUT2D eigenvalue weighted by molar-refractivity contribution is 0.0920. The Kier molecular flexibility index (Phi) is 6.53. The Bertz CT molecular complexity index is 631. The third-order valence-corrected chi connectivity index (χ3v) is 4.95. The topological polar surface area (TPSA) is 35.5 Å². The van der Waals surface area contributed by atoms with Crippen molar-refractivity contribution in [2.75, 3.05) is 13.7 Å². The van der Waals surface area contributed by atoms with Crippen molar-refractivity contribution in [3.63, 3.8) is 0 Å². The van der Waals surface area contributed by atoms with Crippen LogP contribution >= 0.6 is 67.8 Å². The molecule has 6 heteroatoms. The van der Waals surface area contributed by atoms with Crippen molar-refractivity contribution >= 4 is 73.6 Å². The van der Waals surface area contributed by atoms with Gasteiger partial charge in [-0.15, -0.1) is 0 Å². The largest absolute Gasteiger partial charge is 0.497 e. The molecule has 0 atom stereocenters. The van der Waals surface area contributed by atoms with E-state index in [0.717, 1.165) is 22.2 Å². The average Bonchev–Trinajstić information content (AvgIpc) is 2.46. The highest BCUT2D eigenvalue weighted by atomic mass is 127. The van der Waals surface area contributed by atoms with Crippen LogP contribution in [0, 0.1) is 10.7 Å². The summed E-state index contributed by atoms with van der Waals surface area (Å²) in [5.41, 5.74) is 0.617. The summed E-state index contributed by atoms with van der Waals surface area (Å²) < 4.78 is 13.9. The smallest absolute Gasteiger partial charge is 0.200 e. The summed E-state index contributed by atoms with van der Waals surface area (Å²) in [5, 5.41) is 0. The molecule has 0 saturated carbocycles. The maximum atomic E-state index is 12.1. The average molecular weight is 620 g/mol. The zero-order valence-electron chi connectivity index (χ0n) is 11.0. The second-order valence-electron chi connectivity index (χ2n) is 4.14. The monoisotopic (exact) mass is 620 g/mol. The number of carbonyl (C=O) groups excluding carboxylic acids is 1. The number of hydrogen-bond donors (Lipinski definition) is 0. The van der Waals surface area contributed by atoms with E-state index in [-0.39, 0.29) is 12.4 Å². The van der Waals surface area contributed by atoms with Gasteiger partial charge in [-0.2, -0.15) is 0 Å². The van der Waals surface area contributed by atoms with Gasteiger partial charge in [0.15, 0.2) is 12.4 Å². The van der Waals surface area contributed by atoms with Crippen molar-refractivity contribution in [2.45, 2.75) is 0 Å². The van der Waals surface area contributed by atoms with Crippen molar-refractivity contribution in [3.8, 4) is 11.5 Å². The second-order valence-corrected chi connectivity index (χ2v) is 7.71. The quantitative estimate of drug-likeness (QED) is 0.358. The zero-order valence-corrected chi connectivity index (χ0v) is 17.5. The maximum Gasteiger partial charge on any atom is 0.200 e. The van der Waals surface area contributed by atoms with E-state index < -0.39 is 0 Å². The van der Waals surface area contributed by atoms with E-state index in [9.17, 15) is 4.79 Å². The lowest BCUT2D eigenvalue weighted by Crippen LogP contribution is -2.12. The van der Waals surface area contributed by atoms with Crippen LogP contribution in [-0.2, 0) is 0 Å². The number of benzene rings is 2. The number of carbonyl (C=O) groups is 1. The molecule has 0 aromatic heterocycles. The van der Waals surface area contributed by atoms with Crippen molar-refractivity contribution in [1.82, 2.24) is 0 Å². The van der Waals surface area contributed by atoms with Crippen LogP contribution in [0.5, 0.6) is 11.5 Å². The molecule has 2 rings (SSSR count). The van der Waals surface area contributed by atoms with Gasteiger partial charge in [0.25, 0.3) is 0 Å². The first-order chi connectivity index (χ1) is 10.0. The number of ketones is 1. The molecule has 2 aromatic rings. The van der Waals surface area contributed by atoms with Gasteiger partial charge in [-0.05, 0) is 104 Å². The highest BCUT2D eigenvalue weighted by Crippen LogP contribution is 2.29. The van der Waals surface area contributed by atoms with Crippen molar-refractivity contribution in [3.05, 3.63) is 52.7 Å². The Morgan fingerprint density at radius 3 is 2.14 bits per heavy atom. The summed E-state index contributed by atoms with van der Waals surface area (Å²) in [6.45, 7) is 0.0267. The second kappa shape index (κ2) is 7.95. The van der Waals surface area contributed by atoms with E-state index in [2.05, 4.69) is 67.8 Å². The molecular weight excluding hydrogens is 609 g/mol.